The minimum Gasteiger partial charge on any atom is -0.310 e. The largest absolute Gasteiger partial charge is 0.310 e. The Bertz CT molecular complexity index is 1290. The molecule has 0 aliphatic rings. The highest BCUT2D eigenvalue weighted by Crippen LogP contribution is 2.21. The molecule has 30 heavy (non-hydrogen) atoms. The molecule has 0 atom stereocenters. The zero-order valence-corrected chi connectivity index (χ0v) is 17.3. The number of nitrogens with zero attached hydrogens (tertiary/aromatic N) is 6. The predicted octanol–water partition coefficient (Wildman–Crippen LogP) is 3.55. The van der Waals surface area contributed by atoms with Gasteiger partial charge in [0.2, 0.25) is 11.9 Å². The van der Waals surface area contributed by atoms with Crippen LogP contribution in [-0.4, -0.2) is 30.1 Å². The number of nitrogens with one attached hydrogen (secondary N) is 1. The number of benzene rings is 1. The van der Waals surface area contributed by atoms with Crippen molar-refractivity contribution in [1.82, 2.24) is 24.1 Å². The summed E-state index contributed by atoms with van der Waals surface area (Å²) in [5.74, 6) is 0.482. The molecule has 0 saturated heterocycles. The van der Waals surface area contributed by atoms with Gasteiger partial charge >= 0.3 is 0 Å². The second-order valence-electron chi connectivity index (χ2n) is 7.29. The van der Waals surface area contributed by atoms with Gasteiger partial charge in [-0.3, -0.25) is 10.1 Å². The molecule has 0 fully saturated rings. The molecular formula is C22H23N7O. The SMILES string of the molecule is CCCn1c(NC(=O)CCc2c(C)nc3c(C#N)cnn3c2C)nc2ccccc21. The number of fused-ring (bicyclic) bond motifs is 2. The van der Waals surface area contributed by atoms with E-state index in [2.05, 4.69) is 33.4 Å². The van der Waals surface area contributed by atoms with E-state index in [4.69, 9.17) is 0 Å². The second kappa shape index (κ2) is 7.95. The highest BCUT2D eigenvalue weighted by molar-refractivity contribution is 5.91. The molecule has 3 aromatic heterocycles. The zero-order chi connectivity index (χ0) is 21.3. The topological polar surface area (TPSA) is 101 Å². The molecule has 8 heteroatoms. The number of rotatable bonds is 6. The molecule has 0 bridgehead atoms. The lowest BCUT2D eigenvalue weighted by Gasteiger charge is -2.12. The lowest BCUT2D eigenvalue weighted by Crippen LogP contribution is -2.17. The van der Waals surface area contributed by atoms with Crippen LogP contribution in [0.4, 0.5) is 5.95 Å². The summed E-state index contributed by atoms with van der Waals surface area (Å²) in [6.07, 6.45) is 3.30. The Kier molecular flexibility index (Phi) is 5.19. The first-order valence-electron chi connectivity index (χ1n) is 10.0. The number of hydrogen-bond donors (Lipinski definition) is 1. The second-order valence-corrected chi connectivity index (χ2v) is 7.29. The molecular weight excluding hydrogens is 378 g/mol. The van der Waals surface area contributed by atoms with Gasteiger partial charge < -0.3 is 4.57 Å². The van der Waals surface area contributed by atoms with Crippen LogP contribution in [0, 0.1) is 25.2 Å². The number of aromatic nitrogens is 5. The van der Waals surface area contributed by atoms with Crippen LogP contribution in [0.15, 0.2) is 30.5 Å². The van der Waals surface area contributed by atoms with Crippen molar-refractivity contribution in [2.75, 3.05) is 5.32 Å². The minimum atomic E-state index is -0.0975. The third kappa shape index (κ3) is 3.39. The average molecular weight is 401 g/mol. The van der Waals surface area contributed by atoms with Crippen LogP contribution in [0.5, 0.6) is 0 Å². The van der Waals surface area contributed by atoms with Crippen LogP contribution >= 0.6 is 0 Å². The molecule has 0 unspecified atom stereocenters. The van der Waals surface area contributed by atoms with E-state index in [9.17, 15) is 10.1 Å². The van der Waals surface area contributed by atoms with Gasteiger partial charge in [0.15, 0.2) is 5.65 Å². The van der Waals surface area contributed by atoms with Gasteiger partial charge in [0.1, 0.15) is 11.6 Å². The van der Waals surface area contributed by atoms with E-state index < -0.39 is 0 Å². The number of hydrogen-bond acceptors (Lipinski definition) is 5. The Hall–Kier alpha value is -3.73. The maximum atomic E-state index is 12.7. The van der Waals surface area contributed by atoms with Crippen molar-refractivity contribution < 1.29 is 4.79 Å². The normalized spacial score (nSPS) is 11.1. The van der Waals surface area contributed by atoms with Gasteiger partial charge in [-0.25, -0.2) is 14.5 Å². The monoisotopic (exact) mass is 401 g/mol. The van der Waals surface area contributed by atoms with E-state index in [1.807, 2.05) is 42.7 Å². The molecule has 0 saturated carbocycles. The van der Waals surface area contributed by atoms with Gasteiger partial charge in [0.05, 0.1) is 17.2 Å². The highest BCUT2D eigenvalue weighted by Gasteiger charge is 2.16. The van der Waals surface area contributed by atoms with Gasteiger partial charge in [-0.2, -0.15) is 10.4 Å². The van der Waals surface area contributed by atoms with Gasteiger partial charge in [-0.1, -0.05) is 19.1 Å². The van der Waals surface area contributed by atoms with E-state index >= 15 is 0 Å². The van der Waals surface area contributed by atoms with E-state index in [0.717, 1.165) is 41.0 Å². The number of nitriles is 1. The number of amides is 1. The quantitative estimate of drug-likeness (QED) is 0.532. The third-order valence-corrected chi connectivity index (χ3v) is 5.28. The summed E-state index contributed by atoms with van der Waals surface area (Å²) < 4.78 is 3.71. The van der Waals surface area contributed by atoms with Crippen molar-refractivity contribution in [3.8, 4) is 6.07 Å². The summed E-state index contributed by atoms with van der Waals surface area (Å²) in [4.78, 5) is 21.8. The van der Waals surface area contributed by atoms with Crippen molar-refractivity contribution >= 4 is 28.5 Å². The predicted molar refractivity (Wildman–Crippen MR) is 114 cm³/mol. The van der Waals surface area contributed by atoms with E-state index in [1.165, 1.54) is 6.20 Å². The number of para-hydroxylation sites is 2. The van der Waals surface area contributed by atoms with Crippen LogP contribution in [0.2, 0.25) is 0 Å². The molecule has 1 aromatic carbocycles. The van der Waals surface area contributed by atoms with Crippen LogP contribution in [0.25, 0.3) is 16.7 Å². The molecule has 4 aromatic rings. The first kappa shape index (κ1) is 19.6. The standard InChI is InChI=1S/C22H23N7O/c1-4-11-28-19-8-6-5-7-18(19)26-22(28)27-20(30)10-9-17-14(2)25-21-16(12-23)13-24-29(21)15(17)3/h5-8,13H,4,9-11H2,1-3H3,(H,26,27,30). The molecule has 8 nitrogen and oxygen atoms in total. The maximum Gasteiger partial charge on any atom is 0.227 e. The fourth-order valence-corrected chi connectivity index (χ4v) is 3.80. The zero-order valence-electron chi connectivity index (χ0n) is 17.3. The summed E-state index contributed by atoms with van der Waals surface area (Å²) in [5, 5.41) is 16.4. The van der Waals surface area contributed by atoms with Crippen molar-refractivity contribution in [3.05, 3.63) is 53.0 Å². The fraction of sp³-hybridized carbons (Fsp3) is 0.318. The summed E-state index contributed by atoms with van der Waals surface area (Å²) >= 11 is 0. The number of carbonyl (C=O) groups is 1. The molecule has 152 valence electrons. The van der Waals surface area contributed by atoms with Gasteiger partial charge in [0, 0.05) is 24.4 Å². The lowest BCUT2D eigenvalue weighted by atomic mass is 10.1. The smallest absolute Gasteiger partial charge is 0.227 e. The summed E-state index contributed by atoms with van der Waals surface area (Å²) in [6.45, 7) is 6.72. The Balaban J connectivity index is 1.54. The Morgan fingerprint density at radius 1 is 1.23 bits per heavy atom. The molecule has 0 spiro atoms. The summed E-state index contributed by atoms with van der Waals surface area (Å²) in [5.41, 5.74) is 5.55. The van der Waals surface area contributed by atoms with Crippen LogP contribution in [-0.2, 0) is 17.8 Å². The Morgan fingerprint density at radius 2 is 2.03 bits per heavy atom. The summed E-state index contributed by atoms with van der Waals surface area (Å²) in [7, 11) is 0. The molecule has 3 heterocycles. The van der Waals surface area contributed by atoms with E-state index in [1.54, 1.807) is 4.52 Å². The van der Waals surface area contributed by atoms with E-state index in [-0.39, 0.29) is 5.91 Å². The first-order chi connectivity index (χ1) is 14.5. The molecule has 0 aliphatic heterocycles. The fourth-order valence-electron chi connectivity index (χ4n) is 3.80. The molecule has 4 rings (SSSR count). The molecule has 1 N–H and O–H groups in total. The number of imidazole rings is 1. The maximum absolute atomic E-state index is 12.7. The number of aryl methyl sites for hydroxylation is 3. The van der Waals surface area contributed by atoms with Gasteiger partial charge in [-0.15, -0.1) is 0 Å². The molecule has 0 radical (unpaired) electrons. The number of anilines is 1. The molecule has 1 amide bonds. The third-order valence-electron chi connectivity index (χ3n) is 5.28. The Morgan fingerprint density at radius 3 is 2.80 bits per heavy atom. The first-order valence-corrected chi connectivity index (χ1v) is 10.0. The van der Waals surface area contributed by atoms with Crippen LogP contribution in [0.3, 0.4) is 0 Å². The summed E-state index contributed by atoms with van der Waals surface area (Å²) in [6, 6.07) is 9.99. The van der Waals surface area contributed by atoms with Crippen molar-refractivity contribution in [1.29, 1.82) is 5.26 Å². The van der Waals surface area contributed by atoms with Crippen LogP contribution < -0.4 is 5.32 Å². The molecule has 0 aliphatic carbocycles. The van der Waals surface area contributed by atoms with Gasteiger partial charge in [-0.05, 0) is 44.4 Å². The van der Waals surface area contributed by atoms with Crippen molar-refractivity contribution in [3.63, 3.8) is 0 Å². The van der Waals surface area contributed by atoms with Crippen molar-refractivity contribution in [2.45, 2.75) is 46.6 Å². The van der Waals surface area contributed by atoms with Crippen LogP contribution in [0.1, 0.15) is 42.3 Å². The van der Waals surface area contributed by atoms with Gasteiger partial charge in [0.25, 0.3) is 0 Å². The average Bonchev–Trinajstić information content (AvgIpc) is 3.29. The highest BCUT2D eigenvalue weighted by atomic mass is 16.1. The Labute approximate surface area is 174 Å². The van der Waals surface area contributed by atoms with Crippen molar-refractivity contribution in [2.24, 2.45) is 0 Å². The minimum absolute atomic E-state index is 0.0975. The lowest BCUT2D eigenvalue weighted by molar-refractivity contribution is -0.116. The number of carbonyl (C=O) groups excluding carboxylic acids is 1. The van der Waals surface area contributed by atoms with E-state index in [0.29, 0.717) is 30.0 Å².